The lowest BCUT2D eigenvalue weighted by molar-refractivity contribution is 0.397. The van der Waals surface area contributed by atoms with Crippen LogP contribution in [-0.2, 0) is 0 Å². The normalized spacial score (nSPS) is 15.3. The molecule has 1 heterocycles. The van der Waals surface area contributed by atoms with Crippen LogP contribution in [0.4, 0.5) is 0 Å². The summed E-state index contributed by atoms with van der Waals surface area (Å²) in [4.78, 5) is 4.39. The van der Waals surface area contributed by atoms with E-state index in [0.717, 1.165) is 12.3 Å². The smallest absolute Gasteiger partial charge is 0.109 e. The van der Waals surface area contributed by atoms with Crippen molar-refractivity contribution in [2.75, 3.05) is 0 Å². The van der Waals surface area contributed by atoms with Gasteiger partial charge in [-0.3, -0.25) is 0 Å². The van der Waals surface area contributed by atoms with E-state index in [-0.39, 0.29) is 0 Å². The highest BCUT2D eigenvalue weighted by Crippen LogP contribution is 2.20. The lowest BCUT2D eigenvalue weighted by atomic mass is 10.0. The van der Waals surface area contributed by atoms with Crippen molar-refractivity contribution < 1.29 is 0 Å². The van der Waals surface area contributed by atoms with Crippen LogP contribution in [0.25, 0.3) is 0 Å². The number of nitrogens with one attached hydrogen (secondary N) is 1. The summed E-state index contributed by atoms with van der Waals surface area (Å²) in [5, 5.41) is 6.95. The molecule has 0 saturated carbocycles. The molecule has 1 rings (SSSR count). The van der Waals surface area contributed by atoms with E-state index in [1.807, 2.05) is 6.20 Å². The maximum atomic E-state index is 4.39. The average molecular weight is 240 g/mol. The van der Waals surface area contributed by atoms with Crippen molar-refractivity contribution in [3.8, 4) is 0 Å². The third-order valence-corrected chi connectivity index (χ3v) is 3.71. The first-order valence-corrected chi connectivity index (χ1v) is 7.16. The summed E-state index contributed by atoms with van der Waals surface area (Å²) in [5.41, 5.74) is 0. The Morgan fingerprint density at radius 2 is 2.06 bits per heavy atom. The van der Waals surface area contributed by atoms with Crippen LogP contribution in [0.1, 0.15) is 58.0 Å². The SMILES string of the molecule is CCC(NC(C)CCC(C)C)c1nccs1. The molecule has 2 atom stereocenters. The topological polar surface area (TPSA) is 24.9 Å². The van der Waals surface area contributed by atoms with Crippen LogP contribution in [0.15, 0.2) is 11.6 Å². The van der Waals surface area contributed by atoms with E-state index in [1.165, 1.54) is 17.8 Å². The van der Waals surface area contributed by atoms with Gasteiger partial charge in [0.05, 0.1) is 6.04 Å². The Labute approximate surface area is 103 Å². The van der Waals surface area contributed by atoms with Crippen LogP contribution in [0.5, 0.6) is 0 Å². The quantitative estimate of drug-likeness (QED) is 0.779. The van der Waals surface area contributed by atoms with E-state index in [4.69, 9.17) is 0 Å². The molecule has 0 aliphatic rings. The van der Waals surface area contributed by atoms with Crippen molar-refractivity contribution in [3.05, 3.63) is 16.6 Å². The third kappa shape index (κ3) is 4.62. The van der Waals surface area contributed by atoms with Gasteiger partial charge in [-0.25, -0.2) is 4.98 Å². The lowest BCUT2D eigenvalue weighted by Crippen LogP contribution is -2.30. The Morgan fingerprint density at radius 3 is 2.56 bits per heavy atom. The van der Waals surface area contributed by atoms with Crippen LogP contribution in [-0.4, -0.2) is 11.0 Å². The fraction of sp³-hybridized carbons (Fsp3) is 0.769. The molecule has 2 nitrogen and oxygen atoms in total. The molecule has 0 saturated heterocycles. The minimum Gasteiger partial charge on any atom is -0.305 e. The van der Waals surface area contributed by atoms with Gasteiger partial charge in [-0.2, -0.15) is 0 Å². The molecular weight excluding hydrogens is 216 g/mol. The Bertz CT molecular complexity index is 269. The molecule has 0 aliphatic carbocycles. The van der Waals surface area contributed by atoms with Gasteiger partial charge < -0.3 is 5.32 Å². The van der Waals surface area contributed by atoms with E-state index in [2.05, 4.69) is 43.4 Å². The van der Waals surface area contributed by atoms with Gasteiger partial charge >= 0.3 is 0 Å². The standard InChI is InChI=1S/C13H24N2S/c1-5-12(13-14-8-9-16-13)15-11(4)7-6-10(2)3/h8-12,15H,5-7H2,1-4H3. The molecule has 0 aliphatic heterocycles. The van der Waals surface area contributed by atoms with Gasteiger partial charge in [0, 0.05) is 17.6 Å². The maximum Gasteiger partial charge on any atom is 0.109 e. The van der Waals surface area contributed by atoms with Crippen molar-refractivity contribution in [3.63, 3.8) is 0 Å². The number of aromatic nitrogens is 1. The van der Waals surface area contributed by atoms with Crippen molar-refractivity contribution in [2.45, 2.75) is 59.0 Å². The average Bonchev–Trinajstić information content (AvgIpc) is 2.76. The molecule has 0 radical (unpaired) electrons. The fourth-order valence-corrected chi connectivity index (χ4v) is 2.56. The van der Waals surface area contributed by atoms with E-state index in [9.17, 15) is 0 Å². The van der Waals surface area contributed by atoms with Gasteiger partial charge in [-0.15, -0.1) is 11.3 Å². The molecule has 0 amide bonds. The van der Waals surface area contributed by atoms with Crippen LogP contribution in [0.3, 0.4) is 0 Å². The summed E-state index contributed by atoms with van der Waals surface area (Å²) in [5.74, 6) is 0.796. The first-order chi connectivity index (χ1) is 7.63. The van der Waals surface area contributed by atoms with E-state index < -0.39 is 0 Å². The second-order valence-electron chi connectivity index (χ2n) is 4.87. The summed E-state index contributed by atoms with van der Waals surface area (Å²) in [7, 11) is 0. The Morgan fingerprint density at radius 1 is 1.31 bits per heavy atom. The number of nitrogens with zero attached hydrogens (tertiary/aromatic N) is 1. The summed E-state index contributed by atoms with van der Waals surface area (Å²) >= 11 is 1.75. The van der Waals surface area contributed by atoms with Crippen molar-refractivity contribution in [2.24, 2.45) is 5.92 Å². The third-order valence-electron chi connectivity index (χ3n) is 2.82. The van der Waals surface area contributed by atoms with Gasteiger partial charge in [-0.05, 0) is 32.1 Å². The van der Waals surface area contributed by atoms with Gasteiger partial charge in [-0.1, -0.05) is 20.8 Å². The zero-order valence-electron chi connectivity index (χ0n) is 10.9. The number of thiazole rings is 1. The Hall–Kier alpha value is -0.410. The maximum absolute atomic E-state index is 4.39. The van der Waals surface area contributed by atoms with Crippen molar-refractivity contribution >= 4 is 11.3 Å². The van der Waals surface area contributed by atoms with Crippen LogP contribution >= 0.6 is 11.3 Å². The fourth-order valence-electron chi connectivity index (χ4n) is 1.78. The van der Waals surface area contributed by atoms with Crippen molar-refractivity contribution in [1.29, 1.82) is 0 Å². The van der Waals surface area contributed by atoms with Crippen LogP contribution in [0, 0.1) is 5.92 Å². The molecule has 2 unspecified atom stereocenters. The Balaban J connectivity index is 2.38. The minimum atomic E-state index is 0.433. The molecule has 1 N–H and O–H groups in total. The van der Waals surface area contributed by atoms with Gasteiger partial charge in [0.2, 0.25) is 0 Å². The summed E-state index contributed by atoms with van der Waals surface area (Å²) < 4.78 is 0. The van der Waals surface area contributed by atoms with Gasteiger partial charge in [0.25, 0.3) is 0 Å². The number of hydrogen-bond acceptors (Lipinski definition) is 3. The second kappa shape index (κ2) is 7.02. The molecule has 0 spiro atoms. The first kappa shape index (κ1) is 13.7. The highest BCUT2D eigenvalue weighted by atomic mass is 32.1. The predicted octanol–water partition coefficient (Wildman–Crippen LogP) is 4.01. The molecule has 1 aromatic heterocycles. The lowest BCUT2D eigenvalue weighted by Gasteiger charge is -2.21. The van der Waals surface area contributed by atoms with Gasteiger partial charge in [0.15, 0.2) is 0 Å². The van der Waals surface area contributed by atoms with E-state index in [1.54, 1.807) is 11.3 Å². The predicted molar refractivity (Wildman–Crippen MR) is 71.8 cm³/mol. The summed E-state index contributed by atoms with van der Waals surface area (Å²) in [6, 6.07) is 1.01. The van der Waals surface area contributed by atoms with E-state index >= 15 is 0 Å². The van der Waals surface area contributed by atoms with Crippen molar-refractivity contribution in [1.82, 2.24) is 10.3 Å². The molecule has 3 heteroatoms. The molecule has 1 aromatic rings. The summed E-state index contributed by atoms with van der Waals surface area (Å²) in [6.07, 6.45) is 5.55. The summed E-state index contributed by atoms with van der Waals surface area (Å²) in [6.45, 7) is 9.06. The molecule has 92 valence electrons. The zero-order valence-corrected chi connectivity index (χ0v) is 11.7. The van der Waals surface area contributed by atoms with Crippen LogP contribution < -0.4 is 5.32 Å². The minimum absolute atomic E-state index is 0.433. The second-order valence-corrected chi connectivity index (χ2v) is 5.80. The molecular formula is C13H24N2S. The Kier molecular flexibility index (Phi) is 5.99. The zero-order chi connectivity index (χ0) is 12.0. The van der Waals surface area contributed by atoms with Crippen LogP contribution in [0.2, 0.25) is 0 Å². The van der Waals surface area contributed by atoms with Gasteiger partial charge in [0.1, 0.15) is 5.01 Å². The number of hydrogen-bond donors (Lipinski definition) is 1. The molecule has 16 heavy (non-hydrogen) atoms. The molecule has 0 bridgehead atoms. The highest BCUT2D eigenvalue weighted by molar-refractivity contribution is 7.09. The molecule has 0 fully saturated rings. The first-order valence-electron chi connectivity index (χ1n) is 6.28. The monoisotopic (exact) mass is 240 g/mol. The highest BCUT2D eigenvalue weighted by Gasteiger charge is 2.14. The number of rotatable bonds is 7. The van der Waals surface area contributed by atoms with E-state index in [0.29, 0.717) is 12.1 Å². The molecule has 0 aromatic carbocycles. The largest absolute Gasteiger partial charge is 0.305 e.